The summed E-state index contributed by atoms with van der Waals surface area (Å²) < 4.78 is 50.3. The largest absolute Gasteiger partial charge is 0.443 e. The van der Waals surface area contributed by atoms with Crippen LogP contribution in [0.25, 0.3) is 42.9 Å². The van der Waals surface area contributed by atoms with Crippen LogP contribution < -0.4 is 20.3 Å². The van der Waals surface area contributed by atoms with Gasteiger partial charge < -0.3 is 24.7 Å². The van der Waals surface area contributed by atoms with Crippen LogP contribution in [0.1, 0.15) is 83.1 Å². The minimum absolute atomic E-state index is 0.226. The summed E-state index contributed by atoms with van der Waals surface area (Å²) in [5, 5.41) is 28.2. The van der Waals surface area contributed by atoms with E-state index < -0.39 is 56.8 Å². The lowest BCUT2D eigenvalue weighted by atomic mass is 10.2. The highest BCUT2D eigenvalue weighted by molar-refractivity contribution is 7.92. The number of anilines is 6. The Morgan fingerprint density at radius 3 is 1.36 bits per heavy atom. The Labute approximate surface area is 446 Å². The number of hydrogen-bond acceptors (Lipinski definition) is 19. The predicted molar refractivity (Wildman–Crippen MR) is 293 cm³/mol. The first kappa shape index (κ1) is 55.7. The first-order valence-corrected chi connectivity index (χ1v) is 26.9. The number of amides is 2. The molecule has 0 aliphatic carbocycles. The molecule has 76 heavy (non-hydrogen) atoms. The van der Waals surface area contributed by atoms with Gasteiger partial charge in [-0.25, -0.2) is 37.4 Å². The summed E-state index contributed by atoms with van der Waals surface area (Å²) in [4.78, 5) is 54.5. The maximum atomic E-state index is 13.4. The molecule has 8 rings (SSSR count). The molecule has 0 radical (unpaired) electrons. The summed E-state index contributed by atoms with van der Waals surface area (Å²) in [7, 11) is -3.47. The smallest absolute Gasteiger partial charge is 0.435 e. The number of aromatic nitrogens is 8. The van der Waals surface area contributed by atoms with Crippen molar-refractivity contribution in [1.29, 1.82) is 0 Å². The fourth-order valence-electron chi connectivity index (χ4n) is 6.87. The van der Waals surface area contributed by atoms with Crippen molar-refractivity contribution in [3.63, 3.8) is 0 Å². The van der Waals surface area contributed by atoms with E-state index in [1.165, 1.54) is 38.2 Å². The van der Waals surface area contributed by atoms with E-state index in [1.54, 1.807) is 156 Å². The van der Waals surface area contributed by atoms with Crippen LogP contribution in [0.4, 0.5) is 52.2 Å². The van der Waals surface area contributed by atoms with Gasteiger partial charge in [-0.3, -0.25) is 4.72 Å². The molecule has 0 fully saturated rings. The van der Waals surface area contributed by atoms with E-state index in [1.807, 2.05) is 12.1 Å². The summed E-state index contributed by atoms with van der Waals surface area (Å²) >= 11 is 2.35. The molecule has 4 aromatic heterocycles. The fraction of sp³-hybridized carbons (Fsp3) is 0.333. The highest BCUT2D eigenvalue weighted by atomic mass is 32.2. The van der Waals surface area contributed by atoms with Gasteiger partial charge in [0, 0.05) is 33.3 Å². The molecule has 4 aromatic carbocycles. The molecule has 0 aliphatic rings. The van der Waals surface area contributed by atoms with Gasteiger partial charge >= 0.3 is 24.4 Å². The molecule has 0 bridgehead atoms. The molecular weight excluding hydrogens is 1040 g/mol. The number of carbonyl (C=O) groups is 4. The van der Waals surface area contributed by atoms with Gasteiger partial charge in [0.2, 0.25) is 20.3 Å². The third kappa shape index (κ3) is 14.4. The topological polar surface area (TPSA) is 271 Å². The number of ether oxygens (including phenoxy) is 4. The van der Waals surface area contributed by atoms with Crippen LogP contribution >= 0.6 is 22.7 Å². The molecule has 400 valence electrons. The number of nitrogens with two attached hydrogens (primary N) is 1. The number of nitrogens with one attached hydrogen (secondary N) is 1. The molecule has 25 heteroatoms. The maximum Gasteiger partial charge on any atom is 0.435 e. The van der Waals surface area contributed by atoms with Crippen LogP contribution in [0.2, 0.25) is 0 Å². The molecule has 0 atom stereocenters. The van der Waals surface area contributed by atoms with E-state index in [0.717, 1.165) is 27.8 Å². The first-order chi connectivity index (χ1) is 35.3. The average Bonchev–Trinajstić information content (AvgIpc) is 4.11. The van der Waals surface area contributed by atoms with Gasteiger partial charge in [0.25, 0.3) is 0 Å². The molecule has 0 saturated carbocycles. The summed E-state index contributed by atoms with van der Waals surface area (Å²) in [6, 6.07) is 24.1. The number of hydrogen-bond donors (Lipinski definition) is 2. The zero-order valence-corrected chi connectivity index (χ0v) is 46.5. The van der Waals surface area contributed by atoms with Gasteiger partial charge in [-0.05, 0) is 144 Å². The van der Waals surface area contributed by atoms with Gasteiger partial charge in [0.05, 0.1) is 41.1 Å². The Morgan fingerprint density at radius 1 is 0.553 bits per heavy atom. The Morgan fingerprint density at radius 2 is 0.961 bits per heavy atom. The first-order valence-electron chi connectivity index (χ1n) is 23.4. The van der Waals surface area contributed by atoms with Crippen LogP contribution in [-0.2, 0) is 29.0 Å². The van der Waals surface area contributed by atoms with E-state index in [-0.39, 0.29) is 5.13 Å². The molecule has 8 aromatic rings. The van der Waals surface area contributed by atoms with Gasteiger partial charge in [0.1, 0.15) is 32.4 Å². The van der Waals surface area contributed by atoms with Crippen LogP contribution in [-0.4, -0.2) is 101 Å². The summed E-state index contributed by atoms with van der Waals surface area (Å²) in [6.45, 7) is 21.3. The molecule has 22 nitrogen and oxygen atoms in total. The minimum atomic E-state index is -3.47. The van der Waals surface area contributed by atoms with E-state index in [9.17, 15) is 27.6 Å². The number of rotatable bonds is 8. The highest BCUT2D eigenvalue weighted by Gasteiger charge is 2.31. The number of sulfonamides is 1. The van der Waals surface area contributed by atoms with Crippen LogP contribution in [0, 0.1) is 0 Å². The summed E-state index contributed by atoms with van der Waals surface area (Å²) in [5.41, 5.74) is 7.32. The van der Waals surface area contributed by atoms with Crippen molar-refractivity contribution >= 4 is 112 Å². The quantitative estimate of drug-likeness (QED) is 0.106. The van der Waals surface area contributed by atoms with E-state index in [4.69, 9.17) is 24.7 Å². The molecule has 0 spiro atoms. The van der Waals surface area contributed by atoms with Crippen molar-refractivity contribution in [2.24, 2.45) is 0 Å². The number of benzene rings is 4. The summed E-state index contributed by atoms with van der Waals surface area (Å²) in [5.74, 6) is 0. The normalized spacial score (nSPS) is 12.1. The number of fused-ring (bicyclic) bond motifs is 2. The highest BCUT2D eigenvalue weighted by Crippen LogP contribution is 2.38. The standard InChI is InChI=1S/C26H30N6O6S2.C25H28N6O4S/c1-25(2,3)37-23(33)31(19-11-12-20-17(14-19)15-27-32(20)24(34)38-26(4,5)6)22-29-28-21(39-22)16-9-8-10-18(13-16)30-40(7,35)36;1-24(2,3)34-22(32)30(21-29-28-20(36-21)15-8-7-9-17(26)12-15)18-10-11-19-16(13-18)14-27-31(19)23(33)35-25(4,5)6/h8-15,30H,1-7H3;7-14H,26H2,1-6H3. The monoisotopic (exact) mass is 1090 g/mol. The SMILES string of the molecule is CC(C)(C)OC(=O)N(c1ccc2c(cnn2C(=O)OC(C)(C)C)c1)c1nnc(-c2cccc(N)c2)s1.CC(C)(C)OC(=O)N(c1ccc2c(cnn2C(=O)OC(C)(C)C)c1)c1nnc(-c2cccc(NS(C)(=O)=O)c2)s1. The molecule has 0 aliphatic heterocycles. The fourth-order valence-corrected chi connectivity index (χ4v) is 9.13. The van der Waals surface area contributed by atoms with Crippen molar-refractivity contribution in [3.05, 3.63) is 97.3 Å². The van der Waals surface area contributed by atoms with Gasteiger partial charge in [-0.2, -0.15) is 19.6 Å². The lowest BCUT2D eigenvalue weighted by molar-refractivity contribution is 0.0511. The Balaban J connectivity index is 0.000000222. The zero-order chi connectivity index (χ0) is 55.7. The second-order valence-electron chi connectivity index (χ2n) is 21.1. The predicted octanol–water partition coefficient (Wildman–Crippen LogP) is 11.8. The zero-order valence-electron chi connectivity index (χ0n) is 44.1. The van der Waals surface area contributed by atoms with E-state index >= 15 is 0 Å². The molecule has 2 amide bonds. The van der Waals surface area contributed by atoms with Gasteiger partial charge in [-0.15, -0.1) is 20.4 Å². The third-order valence-electron chi connectivity index (χ3n) is 9.66. The lowest BCUT2D eigenvalue weighted by Crippen LogP contribution is -2.33. The van der Waals surface area contributed by atoms with E-state index in [0.29, 0.717) is 65.3 Å². The van der Waals surface area contributed by atoms with E-state index in [2.05, 4.69) is 35.3 Å². The average molecular weight is 1100 g/mol. The van der Waals surface area contributed by atoms with Crippen molar-refractivity contribution < 1.29 is 46.5 Å². The minimum Gasteiger partial charge on any atom is -0.443 e. The maximum absolute atomic E-state index is 13.4. The molecule has 0 saturated heterocycles. The number of nitrogen functional groups attached to an aromatic ring is 1. The molecular formula is C51H58N12O10S3. The number of nitrogens with zero attached hydrogens (tertiary/aromatic N) is 10. The van der Waals surface area contributed by atoms with Crippen LogP contribution in [0.5, 0.6) is 0 Å². The Bertz CT molecular complexity index is 3580. The van der Waals surface area contributed by atoms with Crippen LogP contribution in [0.15, 0.2) is 97.3 Å². The van der Waals surface area contributed by atoms with Crippen LogP contribution in [0.3, 0.4) is 0 Å². The molecule has 0 unspecified atom stereocenters. The Kier molecular flexibility index (Phi) is 15.6. The molecule has 4 heterocycles. The number of carbonyl (C=O) groups excluding carboxylic acids is 4. The second kappa shape index (κ2) is 21.3. The van der Waals surface area contributed by atoms with Crippen molar-refractivity contribution in [3.8, 4) is 21.1 Å². The summed E-state index contributed by atoms with van der Waals surface area (Å²) in [6.07, 6.45) is 1.59. The van der Waals surface area contributed by atoms with Crippen molar-refractivity contribution in [2.75, 3.05) is 26.5 Å². The molecule has 3 N–H and O–H groups in total. The third-order valence-corrected chi connectivity index (χ3v) is 12.2. The van der Waals surface area contributed by atoms with Gasteiger partial charge in [0.15, 0.2) is 0 Å². The second-order valence-corrected chi connectivity index (χ2v) is 24.7. The van der Waals surface area contributed by atoms with Crippen molar-refractivity contribution in [1.82, 2.24) is 40.0 Å². The Hall–Kier alpha value is -8.03. The lowest BCUT2D eigenvalue weighted by Gasteiger charge is -2.25. The van der Waals surface area contributed by atoms with Crippen molar-refractivity contribution in [2.45, 2.75) is 105 Å². The van der Waals surface area contributed by atoms with Gasteiger partial charge in [-0.1, -0.05) is 46.9 Å².